The van der Waals surface area contributed by atoms with Crippen LogP contribution in [-0.4, -0.2) is 39.1 Å². The number of halogens is 3. The van der Waals surface area contributed by atoms with E-state index in [9.17, 15) is 4.79 Å². The van der Waals surface area contributed by atoms with Crippen molar-refractivity contribution in [3.05, 3.63) is 63.4 Å². The largest absolute Gasteiger partial charge is 0.497 e. The molecule has 170 valence electrons. The van der Waals surface area contributed by atoms with E-state index in [1.54, 1.807) is 12.1 Å². The van der Waals surface area contributed by atoms with Gasteiger partial charge in [-0.3, -0.25) is 4.79 Å². The van der Waals surface area contributed by atoms with E-state index in [1.807, 2.05) is 0 Å². The van der Waals surface area contributed by atoms with Gasteiger partial charge in [0.1, 0.15) is 35.5 Å². The summed E-state index contributed by atoms with van der Waals surface area (Å²) in [7, 11) is 5.82. The predicted octanol–water partition coefficient (Wildman–Crippen LogP) is 4.69. The predicted molar refractivity (Wildman–Crippen MR) is 118 cm³/mol. The normalized spacial score (nSPS) is 10.8. The highest BCUT2D eigenvalue weighted by atomic mass is 35.5. The quantitative estimate of drug-likeness (QED) is 0.452. The first-order valence-corrected chi connectivity index (χ1v) is 9.93. The van der Waals surface area contributed by atoms with Gasteiger partial charge in [-0.05, 0) is 12.1 Å². The molecule has 0 atom stereocenters. The molecule has 0 bridgehead atoms. The number of nitrogens with zero attached hydrogens (tertiary/aromatic N) is 1. The molecule has 3 rings (SSSR count). The van der Waals surface area contributed by atoms with E-state index >= 15 is 8.78 Å². The van der Waals surface area contributed by atoms with E-state index < -0.39 is 22.8 Å². The van der Waals surface area contributed by atoms with Crippen molar-refractivity contribution in [2.45, 2.75) is 0 Å². The van der Waals surface area contributed by atoms with E-state index in [0.29, 0.717) is 22.6 Å². The molecule has 1 aromatic heterocycles. The molecule has 0 spiro atoms. The number of benzene rings is 2. The number of hydrogen-bond donors (Lipinski definition) is 0. The van der Waals surface area contributed by atoms with Gasteiger partial charge in [0.05, 0.1) is 37.1 Å². The Kier molecular flexibility index (Phi) is 7.37. The zero-order chi connectivity index (χ0) is 23.4. The lowest BCUT2D eigenvalue weighted by Gasteiger charge is -2.19. The van der Waals surface area contributed by atoms with Crippen molar-refractivity contribution < 1.29 is 27.7 Å². The molecular weight excluding hydrogens is 444 g/mol. The van der Waals surface area contributed by atoms with E-state index in [-0.39, 0.29) is 29.7 Å². The monoisotopic (exact) mass is 465 g/mol. The van der Waals surface area contributed by atoms with Crippen LogP contribution in [0.3, 0.4) is 0 Å². The minimum atomic E-state index is -0.897. The van der Waals surface area contributed by atoms with Gasteiger partial charge in [0, 0.05) is 49.5 Å². The molecule has 1 heterocycles. The van der Waals surface area contributed by atoms with Crippen molar-refractivity contribution in [2.24, 2.45) is 7.05 Å². The first kappa shape index (κ1) is 23.6. The second-order valence-electron chi connectivity index (χ2n) is 6.79. The van der Waals surface area contributed by atoms with Gasteiger partial charge in [-0.15, -0.1) is 0 Å². The Morgan fingerprint density at radius 2 is 1.59 bits per heavy atom. The molecule has 0 aliphatic carbocycles. The number of rotatable bonds is 8. The van der Waals surface area contributed by atoms with Gasteiger partial charge < -0.3 is 23.5 Å². The lowest BCUT2D eigenvalue weighted by Crippen LogP contribution is -2.19. The molecule has 0 unspecified atom stereocenters. The zero-order valence-corrected chi connectivity index (χ0v) is 18.8. The third-order valence-electron chi connectivity index (χ3n) is 4.88. The van der Waals surface area contributed by atoms with Gasteiger partial charge >= 0.3 is 0 Å². The lowest BCUT2D eigenvalue weighted by molar-refractivity contribution is 0.146. The van der Waals surface area contributed by atoms with Crippen LogP contribution in [0, 0.1) is 11.6 Å². The number of hydrogen-bond acceptors (Lipinski definition) is 5. The van der Waals surface area contributed by atoms with Crippen LogP contribution in [0.5, 0.6) is 17.2 Å². The maximum atomic E-state index is 15.2. The molecule has 9 heteroatoms. The minimum absolute atomic E-state index is 0.00404. The number of aromatic nitrogens is 1. The zero-order valence-electron chi connectivity index (χ0n) is 18.0. The molecular formula is C23H22ClF2NO5. The molecule has 0 radical (unpaired) electrons. The smallest absolute Gasteiger partial charge is 0.250 e. The van der Waals surface area contributed by atoms with Crippen LogP contribution < -0.4 is 19.8 Å². The Balaban J connectivity index is 2.27. The number of pyridine rings is 1. The van der Waals surface area contributed by atoms with Gasteiger partial charge in [-0.1, -0.05) is 11.6 Å². The molecule has 0 amide bonds. The maximum absolute atomic E-state index is 15.2. The van der Waals surface area contributed by atoms with Crippen molar-refractivity contribution in [3.8, 4) is 39.6 Å². The van der Waals surface area contributed by atoms with E-state index in [4.69, 9.17) is 30.5 Å². The van der Waals surface area contributed by atoms with Crippen molar-refractivity contribution in [1.82, 2.24) is 4.57 Å². The Hall–Kier alpha value is -3.10. The summed E-state index contributed by atoms with van der Waals surface area (Å²) in [6.45, 7) is 0.390. The second-order valence-corrected chi connectivity index (χ2v) is 7.17. The van der Waals surface area contributed by atoms with Crippen molar-refractivity contribution in [2.75, 3.05) is 34.5 Å². The fourth-order valence-corrected chi connectivity index (χ4v) is 3.58. The van der Waals surface area contributed by atoms with Crippen LogP contribution in [0.25, 0.3) is 22.4 Å². The number of ether oxygens (including phenoxy) is 4. The van der Waals surface area contributed by atoms with Crippen LogP contribution in [0.4, 0.5) is 8.78 Å². The molecule has 6 nitrogen and oxygen atoms in total. The van der Waals surface area contributed by atoms with Gasteiger partial charge in [0.2, 0.25) is 0 Å². The molecule has 32 heavy (non-hydrogen) atoms. The summed E-state index contributed by atoms with van der Waals surface area (Å²) in [5, 5.41) is 0.202. The van der Waals surface area contributed by atoms with Crippen LogP contribution in [0.15, 0.2) is 41.2 Å². The topological polar surface area (TPSA) is 58.9 Å². The molecule has 0 fully saturated rings. The van der Waals surface area contributed by atoms with Crippen LogP contribution in [-0.2, 0) is 11.8 Å². The molecule has 0 N–H and O–H groups in total. The minimum Gasteiger partial charge on any atom is -0.497 e. The van der Waals surface area contributed by atoms with Gasteiger partial charge in [-0.2, -0.15) is 0 Å². The third-order valence-corrected chi connectivity index (χ3v) is 5.27. The summed E-state index contributed by atoms with van der Waals surface area (Å²) in [4.78, 5) is 12.4. The van der Waals surface area contributed by atoms with Crippen molar-refractivity contribution in [3.63, 3.8) is 0 Å². The fraction of sp³-hybridized carbons (Fsp3) is 0.261. The summed E-state index contributed by atoms with van der Waals surface area (Å²) in [6.07, 6.45) is 0. The Morgan fingerprint density at radius 1 is 0.906 bits per heavy atom. The highest BCUT2D eigenvalue weighted by Crippen LogP contribution is 2.43. The Morgan fingerprint density at radius 3 is 2.19 bits per heavy atom. The molecule has 0 aliphatic heterocycles. The van der Waals surface area contributed by atoms with Gasteiger partial charge in [0.15, 0.2) is 0 Å². The van der Waals surface area contributed by atoms with Crippen LogP contribution >= 0.6 is 11.6 Å². The average Bonchev–Trinajstić information content (AvgIpc) is 2.77. The summed E-state index contributed by atoms with van der Waals surface area (Å²) >= 11 is 6.51. The Labute approximate surface area is 188 Å². The second kappa shape index (κ2) is 10.0. The summed E-state index contributed by atoms with van der Waals surface area (Å²) in [5.41, 5.74) is -0.132. The lowest BCUT2D eigenvalue weighted by atomic mass is 9.97. The van der Waals surface area contributed by atoms with Gasteiger partial charge in [-0.25, -0.2) is 8.78 Å². The van der Waals surface area contributed by atoms with Gasteiger partial charge in [0.25, 0.3) is 5.56 Å². The summed E-state index contributed by atoms with van der Waals surface area (Å²) in [6, 6.07) is 8.05. The molecule has 0 saturated heterocycles. The first-order chi connectivity index (χ1) is 15.3. The molecule has 0 aliphatic rings. The molecule has 2 aromatic carbocycles. The molecule has 3 aromatic rings. The van der Waals surface area contributed by atoms with E-state index in [2.05, 4.69) is 0 Å². The van der Waals surface area contributed by atoms with E-state index in [1.165, 1.54) is 40.5 Å². The fourth-order valence-electron chi connectivity index (χ4n) is 3.29. The molecule has 0 saturated carbocycles. The van der Waals surface area contributed by atoms with E-state index in [0.717, 1.165) is 16.7 Å². The maximum Gasteiger partial charge on any atom is 0.250 e. The van der Waals surface area contributed by atoms with Crippen LogP contribution in [0.2, 0.25) is 5.02 Å². The van der Waals surface area contributed by atoms with Crippen LogP contribution in [0.1, 0.15) is 0 Å². The third kappa shape index (κ3) is 4.56. The standard InChI is InChI=1S/C23H22ClF2NO5/c1-27-20(28)6-5-15(16-9-13(30-3)12-19(31-4)22(16)24)23(27)21-17(25)10-14(11-18(21)26)32-8-7-29-2/h5-6,9-12H,7-8H2,1-4H3. The average molecular weight is 466 g/mol. The van der Waals surface area contributed by atoms with Crippen molar-refractivity contribution >= 4 is 11.6 Å². The van der Waals surface area contributed by atoms with Crippen molar-refractivity contribution in [1.29, 1.82) is 0 Å². The number of methoxy groups -OCH3 is 3. The highest BCUT2D eigenvalue weighted by molar-refractivity contribution is 6.35. The summed E-state index contributed by atoms with van der Waals surface area (Å²) < 4.78 is 52.3. The first-order valence-electron chi connectivity index (χ1n) is 9.55. The summed E-state index contributed by atoms with van der Waals surface area (Å²) in [5.74, 6) is -1.06. The highest BCUT2D eigenvalue weighted by Gasteiger charge is 2.23. The SMILES string of the molecule is COCCOc1cc(F)c(-c2c(-c3cc(OC)cc(OC)c3Cl)ccc(=O)n2C)c(F)c1. The Bertz CT molecular complexity index is 1170.